The second-order valence-corrected chi connectivity index (χ2v) is 4.54. The summed E-state index contributed by atoms with van der Waals surface area (Å²) in [7, 11) is 0. The fraction of sp³-hybridized carbons (Fsp3) is 0.312. The molecule has 100 valence electrons. The number of hydrogen-bond donors (Lipinski definition) is 1. The van der Waals surface area contributed by atoms with Gasteiger partial charge in [0.15, 0.2) is 0 Å². The molecule has 2 N–H and O–H groups in total. The van der Waals surface area contributed by atoms with Gasteiger partial charge in [0, 0.05) is 18.3 Å². The lowest BCUT2D eigenvalue weighted by Crippen LogP contribution is -2.04. The molecule has 0 atom stereocenters. The summed E-state index contributed by atoms with van der Waals surface area (Å²) in [5.41, 5.74) is 8.96. The fourth-order valence-electron chi connectivity index (χ4n) is 1.96. The maximum Gasteiger partial charge on any atom is 0.213 e. The molecule has 0 fully saturated rings. The van der Waals surface area contributed by atoms with Gasteiger partial charge in [-0.1, -0.05) is 36.4 Å². The molecule has 0 amide bonds. The smallest absolute Gasteiger partial charge is 0.213 e. The van der Waals surface area contributed by atoms with Crippen LogP contribution in [0.25, 0.3) is 0 Å². The standard InChI is InChI=1S/C16H20N2O/c1-13-15(12-17)9-10-16(18-13)19-11-5-8-14-6-3-2-4-7-14/h2-4,6-7,9-10H,5,8,11-12,17H2,1H3. The maximum absolute atomic E-state index is 5.66. The van der Waals surface area contributed by atoms with Crippen molar-refractivity contribution >= 4 is 0 Å². The van der Waals surface area contributed by atoms with Crippen LogP contribution in [0.2, 0.25) is 0 Å². The molecule has 0 aliphatic carbocycles. The van der Waals surface area contributed by atoms with Gasteiger partial charge in [-0.3, -0.25) is 0 Å². The molecule has 0 saturated heterocycles. The van der Waals surface area contributed by atoms with Crippen LogP contribution in [-0.2, 0) is 13.0 Å². The van der Waals surface area contributed by atoms with E-state index in [9.17, 15) is 0 Å². The van der Waals surface area contributed by atoms with Crippen LogP contribution in [0, 0.1) is 6.92 Å². The Bertz CT molecular complexity index is 511. The van der Waals surface area contributed by atoms with Gasteiger partial charge in [-0.15, -0.1) is 0 Å². The summed E-state index contributed by atoms with van der Waals surface area (Å²) in [5, 5.41) is 0. The zero-order valence-corrected chi connectivity index (χ0v) is 11.3. The van der Waals surface area contributed by atoms with E-state index in [2.05, 4.69) is 29.2 Å². The van der Waals surface area contributed by atoms with E-state index < -0.39 is 0 Å². The van der Waals surface area contributed by atoms with Crippen molar-refractivity contribution < 1.29 is 4.74 Å². The molecule has 2 aromatic rings. The Labute approximate surface area is 114 Å². The Morgan fingerprint density at radius 3 is 2.58 bits per heavy atom. The van der Waals surface area contributed by atoms with Gasteiger partial charge in [-0.05, 0) is 30.9 Å². The van der Waals surface area contributed by atoms with Crippen molar-refractivity contribution in [2.24, 2.45) is 5.73 Å². The highest BCUT2D eigenvalue weighted by atomic mass is 16.5. The number of nitrogens with two attached hydrogens (primary N) is 1. The minimum Gasteiger partial charge on any atom is -0.478 e. The summed E-state index contributed by atoms with van der Waals surface area (Å²) in [6.45, 7) is 3.16. The highest BCUT2D eigenvalue weighted by Crippen LogP contribution is 2.12. The maximum atomic E-state index is 5.66. The monoisotopic (exact) mass is 256 g/mol. The molecular weight excluding hydrogens is 236 g/mol. The van der Waals surface area contributed by atoms with E-state index in [-0.39, 0.29) is 0 Å². The molecule has 0 aliphatic rings. The molecule has 3 nitrogen and oxygen atoms in total. The lowest BCUT2D eigenvalue weighted by Gasteiger charge is -2.08. The Hall–Kier alpha value is -1.87. The topological polar surface area (TPSA) is 48.1 Å². The predicted octanol–water partition coefficient (Wildman–Crippen LogP) is 2.86. The number of benzene rings is 1. The molecule has 1 aromatic carbocycles. The summed E-state index contributed by atoms with van der Waals surface area (Å²) >= 11 is 0. The van der Waals surface area contributed by atoms with E-state index >= 15 is 0 Å². The van der Waals surface area contributed by atoms with Gasteiger partial charge in [-0.25, -0.2) is 4.98 Å². The molecular formula is C16H20N2O. The van der Waals surface area contributed by atoms with E-state index in [0.717, 1.165) is 24.1 Å². The van der Waals surface area contributed by atoms with Crippen LogP contribution in [-0.4, -0.2) is 11.6 Å². The molecule has 2 rings (SSSR count). The van der Waals surface area contributed by atoms with Crippen molar-refractivity contribution in [3.8, 4) is 5.88 Å². The summed E-state index contributed by atoms with van der Waals surface area (Å²) in [4.78, 5) is 4.39. The number of rotatable bonds is 6. The van der Waals surface area contributed by atoms with Gasteiger partial charge in [0.25, 0.3) is 0 Å². The molecule has 0 bridgehead atoms. The molecule has 1 heterocycles. The van der Waals surface area contributed by atoms with Crippen molar-refractivity contribution in [3.05, 3.63) is 59.3 Å². The predicted molar refractivity (Wildman–Crippen MR) is 77.1 cm³/mol. The average Bonchev–Trinajstić information content (AvgIpc) is 2.45. The molecule has 0 saturated carbocycles. The third kappa shape index (κ3) is 4.07. The third-order valence-corrected chi connectivity index (χ3v) is 3.09. The van der Waals surface area contributed by atoms with Gasteiger partial charge in [0.2, 0.25) is 5.88 Å². The van der Waals surface area contributed by atoms with Gasteiger partial charge in [0.05, 0.1) is 6.61 Å². The summed E-state index contributed by atoms with van der Waals surface area (Å²) < 4.78 is 5.66. The molecule has 19 heavy (non-hydrogen) atoms. The van der Waals surface area contributed by atoms with Gasteiger partial charge < -0.3 is 10.5 Å². The molecule has 1 aromatic heterocycles. The van der Waals surface area contributed by atoms with Gasteiger partial charge in [0.1, 0.15) is 0 Å². The normalized spacial score (nSPS) is 10.4. The van der Waals surface area contributed by atoms with Crippen LogP contribution in [0.4, 0.5) is 0 Å². The zero-order valence-electron chi connectivity index (χ0n) is 11.3. The quantitative estimate of drug-likeness (QED) is 0.808. The summed E-state index contributed by atoms with van der Waals surface area (Å²) in [6, 6.07) is 14.3. The van der Waals surface area contributed by atoms with Crippen molar-refractivity contribution in [2.75, 3.05) is 6.61 Å². The average molecular weight is 256 g/mol. The number of nitrogens with zero attached hydrogens (tertiary/aromatic N) is 1. The summed E-state index contributed by atoms with van der Waals surface area (Å²) in [6.07, 6.45) is 2.02. The van der Waals surface area contributed by atoms with E-state index in [1.165, 1.54) is 5.56 Å². The van der Waals surface area contributed by atoms with Crippen LogP contribution in [0.5, 0.6) is 5.88 Å². The highest BCUT2D eigenvalue weighted by Gasteiger charge is 2.01. The second-order valence-electron chi connectivity index (χ2n) is 4.54. The number of pyridine rings is 1. The second kappa shape index (κ2) is 6.90. The van der Waals surface area contributed by atoms with E-state index in [1.807, 2.05) is 25.1 Å². The Morgan fingerprint density at radius 2 is 1.89 bits per heavy atom. The number of ether oxygens (including phenoxy) is 1. The lowest BCUT2D eigenvalue weighted by atomic mass is 10.1. The van der Waals surface area contributed by atoms with Crippen LogP contribution >= 0.6 is 0 Å². The van der Waals surface area contributed by atoms with Gasteiger partial charge in [-0.2, -0.15) is 0 Å². The largest absolute Gasteiger partial charge is 0.478 e. The van der Waals surface area contributed by atoms with Crippen molar-refractivity contribution in [1.82, 2.24) is 4.98 Å². The number of aromatic nitrogens is 1. The Kier molecular flexibility index (Phi) is 4.93. The third-order valence-electron chi connectivity index (χ3n) is 3.09. The number of hydrogen-bond acceptors (Lipinski definition) is 3. The first-order chi connectivity index (χ1) is 9.29. The highest BCUT2D eigenvalue weighted by molar-refractivity contribution is 5.24. The van der Waals surface area contributed by atoms with Crippen LogP contribution in [0.3, 0.4) is 0 Å². The first-order valence-electron chi connectivity index (χ1n) is 6.63. The molecule has 0 radical (unpaired) electrons. The van der Waals surface area contributed by atoms with Crippen LogP contribution in [0.1, 0.15) is 23.2 Å². The molecule has 0 aliphatic heterocycles. The van der Waals surface area contributed by atoms with Crippen molar-refractivity contribution in [2.45, 2.75) is 26.3 Å². The van der Waals surface area contributed by atoms with E-state index in [4.69, 9.17) is 10.5 Å². The summed E-state index contributed by atoms with van der Waals surface area (Å²) in [5.74, 6) is 0.683. The van der Waals surface area contributed by atoms with E-state index in [0.29, 0.717) is 19.0 Å². The SMILES string of the molecule is Cc1nc(OCCCc2ccccc2)ccc1CN. The van der Waals surface area contributed by atoms with Gasteiger partial charge >= 0.3 is 0 Å². The minimum absolute atomic E-state index is 0.521. The molecule has 0 unspecified atom stereocenters. The fourth-order valence-corrected chi connectivity index (χ4v) is 1.96. The molecule has 0 spiro atoms. The minimum atomic E-state index is 0.521. The van der Waals surface area contributed by atoms with Crippen LogP contribution < -0.4 is 10.5 Å². The first kappa shape index (κ1) is 13.6. The van der Waals surface area contributed by atoms with E-state index in [1.54, 1.807) is 0 Å². The Balaban J connectivity index is 1.78. The van der Waals surface area contributed by atoms with Crippen LogP contribution in [0.15, 0.2) is 42.5 Å². The Morgan fingerprint density at radius 1 is 1.11 bits per heavy atom. The van der Waals surface area contributed by atoms with Crippen molar-refractivity contribution in [1.29, 1.82) is 0 Å². The van der Waals surface area contributed by atoms with Crippen molar-refractivity contribution in [3.63, 3.8) is 0 Å². The lowest BCUT2D eigenvalue weighted by molar-refractivity contribution is 0.298. The zero-order chi connectivity index (χ0) is 13.5. The number of aryl methyl sites for hydroxylation is 2. The molecule has 3 heteroatoms. The first-order valence-corrected chi connectivity index (χ1v) is 6.63.